The summed E-state index contributed by atoms with van der Waals surface area (Å²) in [4.78, 5) is 12.6. The molecule has 0 aliphatic carbocycles. The molecule has 0 aliphatic rings. The number of nitrogens with zero attached hydrogens (tertiary/aromatic N) is 1. The number of fused-ring (bicyclic) bond motifs is 1. The SMILES string of the molecule is CC(C)CNC(=O)C[C@H](c1ccc(Cl)cc1)c1cn(C)c2ccccc12. The Labute approximate surface area is 160 Å². The molecule has 3 rings (SSSR count). The zero-order chi connectivity index (χ0) is 18.7. The standard InChI is InChI=1S/C22H25ClN2O/c1-15(2)13-24-22(26)12-19(16-8-10-17(23)11-9-16)20-14-25(3)21-7-5-4-6-18(20)21/h4-11,14-15,19H,12-13H2,1-3H3,(H,24,26)/t19-/m1/s1. The molecule has 0 fully saturated rings. The summed E-state index contributed by atoms with van der Waals surface area (Å²) in [5.74, 6) is 0.502. The van der Waals surface area contributed by atoms with Crippen molar-refractivity contribution in [1.29, 1.82) is 0 Å². The summed E-state index contributed by atoms with van der Waals surface area (Å²) >= 11 is 6.07. The number of hydrogen-bond acceptors (Lipinski definition) is 1. The van der Waals surface area contributed by atoms with Gasteiger partial charge in [0.15, 0.2) is 0 Å². The van der Waals surface area contributed by atoms with E-state index in [-0.39, 0.29) is 11.8 Å². The van der Waals surface area contributed by atoms with Crippen molar-refractivity contribution in [2.24, 2.45) is 13.0 Å². The van der Waals surface area contributed by atoms with Gasteiger partial charge in [0.25, 0.3) is 0 Å². The lowest BCUT2D eigenvalue weighted by Crippen LogP contribution is -2.28. The molecule has 1 heterocycles. The molecule has 3 aromatic rings. The van der Waals surface area contributed by atoms with Crippen molar-refractivity contribution in [2.75, 3.05) is 6.54 Å². The number of para-hydroxylation sites is 1. The van der Waals surface area contributed by atoms with E-state index >= 15 is 0 Å². The Morgan fingerprint density at radius 1 is 1.12 bits per heavy atom. The van der Waals surface area contributed by atoms with Gasteiger partial charge >= 0.3 is 0 Å². The third kappa shape index (κ3) is 4.10. The second-order valence-electron chi connectivity index (χ2n) is 7.22. The lowest BCUT2D eigenvalue weighted by molar-refractivity contribution is -0.121. The van der Waals surface area contributed by atoms with Gasteiger partial charge in [-0.1, -0.05) is 55.8 Å². The summed E-state index contributed by atoms with van der Waals surface area (Å²) in [7, 11) is 2.05. The molecule has 0 bridgehead atoms. The molecule has 0 saturated heterocycles. The highest BCUT2D eigenvalue weighted by molar-refractivity contribution is 6.30. The van der Waals surface area contributed by atoms with Crippen molar-refractivity contribution in [2.45, 2.75) is 26.2 Å². The molecule has 0 saturated carbocycles. The van der Waals surface area contributed by atoms with Crippen LogP contribution in [-0.2, 0) is 11.8 Å². The highest BCUT2D eigenvalue weighted by Gasteiger charge is 2.22. The Kier molecular flexibility index (Phi) is 5.67. The summed E-state index contributed by atoms with van der Waals surface area (Å²) < 4.78 is 2.12. The number of halogens is 1. The van der Waals surface area contributed by atoms with Crippen LogP contribution in [0.1, 0.15) is 37.3 Å². The molecule has 1 N–H and O–H groups in total. The maximum absolute atomic E-state index is 12.6. The van der Waals surface area contributed by atoms with Gasteiger partial charge in [0, 0.05) is 48.1 Å². The minimum absolute atomic E-state index is 0.00877. The quantitative estimate of drug-likeness (QED) is 0.643. The van der Waals surface area contributed by atoms with Gasteiger partial charge in [-0.2, -0.15) is 0 Å². The van der Waals surface area contributed by atoms with E-state index < -0.39 is 0 Å². The van der Waals surface area contributed by atoms with E-state index in [1.165, 1.54) is 16.5 Å². The van der Waals surface area contributed by atoms with E-state index in [4.69, 9.17) is 11.6 Å². The van der Waals surface area contributed by atoms with Crippen molar-refractivity contribution in [3.05, 3.63) is 70.9 Å². The zero-order valence-corrected chi connectivity index (χ0v) is 16.3. The van der Waals surface area contributed by atoms with Gasteiger partial charge in [0.05, 0.1) is 0 Å². The first kappa shape index (κ1) is 18.5. The predicted molar refractivity (Wildman–Crippen MR) is 109 cm³/mol. The smallest absolute Gasteiger partial charge is 0.220 e. The molecule has 1 atom stereocenters. The third-order valence-electron chi connectivity index (χ3n) is 4.67. The van der Waals surface area contributed by atoms with Crippen molar-refractivity contribution in [3.63, 3.8) is 0 Å². The average molecular weight is 369 g/mol. The largest absolute Gasteiger partial charge is 0.356 e. The highest BCUT2D eigenvalue weighted by atomic mass is 35.5. The Morgan fingerprint density at radius 3 is 2.50 bits per heavy atom. The molecule has 1 aromatic heterocycles. The molecule has 26 heavy (non-hydrogen) atoms. The molecular formula is C22H25ClN2O. The van der Waals surface area contributed by atoms with Crippen LogP contribution < -0.4 is 5.32 Å². The molecule has 0 unspecified atom stereocenters. The maximum atomic E-state index is 12.6. The van der Waals surface area contributed by atoms with Crippen molar-refractivity contribution in [3.8, 4) is 0 Å². The molecule has 3 nitrogen and oxygen atoms in total. The molecule has 4 heteroatoms. The monoisotopic (exact) mass is 368 g/mol. The van der Waals surface area contributed by atoms with E-state index in [2.05, 4.69) is 42.1 Å². The summed E-state index contributed by atoms with van der Waals surface area (Å²) in [6.45, 7) is 4.89. The lowest BCUT2D eigenvalue weighted by Gasteiger charge is -2.18. The number of carbonyl (C=O) groups is 1. The number of rotatable bonds is 6. The minimum atomic E-state index is -0.00877. The molecule has 1 amide bonds. The number of hydrogen-bond donors (Lipinski definition) is 1. The van der Waals surface area contributed by atoms with Crippen LogP contribution in [0.4, 0.5) is 0 Å². The molecule has 2 aromatic carbocycles. The number of nitrogens with one attached hydrogen (secondary N) is 1. The molecule has 0 spiro atoms. The fourth-order valence-electron chi connectivity index (χ4n) is 3.33. The van der Waals surface area contributed by atoms with Gasteiger partial charge in [-0.3, -0.25) is 4.79 Å². The van der Waals surface area contributed by atoms with Crippen molar-refractivity contribution in [1.82, 2.24) is 9.88 Å². The van der Waals surface area contributed by atoms with Crippen LogP contribution in [0.2, 0.25) is 5.02 Å². The lowest BCUT2D eigenvalue weighted by atomic mass is 9.88. The molecular weight excluding hydrogens is 344 g/mol. The van der Waals surface area contributed by atoms with Crippen molar-refractivity contribution < 1.29 is 4.79 Å². The Bertz CT molecular complexity index is 896. The summed E-state index contributed by atoms with van der Waals surface area (Å²) in [6, 6.07) is 16.1. The first-order valence-electron chi connectivity index (χ1n) is 9.02. The molecule has 0 aliphatic heterocycles. The fraction of sp³-hybridized carbons (Fsp3) is 0.318. The minimum Gasteiger partial charge on any atom is -0.356 e. The van der Waals surface area contributed by atoms with Crippen LogP contribution in [0, 0.1) is 5.92 Å². The summed E-state index contributed by atoms with van der Waals surface area (Å²) in [5.41, 5.74) is 3.44. The van der Waals surface area contributed by atoms with Gasteiger partial charge < -0.3 is 9.88 Å². The van der Waals surface area contributed by atoms with Gasteiger partial charge in [0.1, 0.15) is 0 Å². The van der Waals surface area contributed by atoms with E-state index in [1.807, 2.05) is 43.4 Å². The normalized spacial score (nSPS) is 12.5. The predicted octanol–water partition coefficient (Wildman–Crippen LogP) is 5.13. The number of aryl methyl sites for hydroxylation is 1. The van der Waals surface area contributed by atoms with E-state index in [9.17, 15) is 4.79 Å². The van der Waals surface area contributed by atoms with Crippen LogP contribution in [0.3, 0.4) is 0 Å². The first-order chi connectivity index (χ1) is 12.5. The van der Waals surface area contributed by atoms with Gasteiger partial charge in [-0.25, -0.2) is 0 Å². The Morgan fingerprint density at radius 2 is 1.81 bits per heavy atom. The second kappa shape index (κ2) is 7.96. The number of aromatic nitrogens is 1. The number of benzene rings is 2. The van der Waals surface area contributed by atoms with Crippen LogP contribution in [0.5, 0.6) is 0 Å². The zero-order valence-electron chi connectivity index (χ0n) is 15.5. The average Bonchev–Trinajstić information content (AvgIpc) is 2.96. The van der Waals surface area contributed by atoms with Crippen molar-refractivity contribution >= 4 is 28.4 Å². The second-order valence-corrected chi connectivity index (χ2v) is 7.66. The topological polar surface area (TPSA) is 34.0 Å². The molecule has 0 radical (unpaired) electrons. The number of amides is 1. The summed E-state index contributed by atoms with van der Waals surface area (Å²) in [6.07, 6.45) is 2.56. The van der Waals surface area contributed by atoms with E-state index in [1.54, 1.807) is 0 Å². The van der Waals surface area contributed by atoms with Gasteiger partial charge in [-0.15, -0.1) is 0 Å². The van der Waals surface area contributed by atoms with Crippen LogP contribution in [-0.4, -0.2) is 17.0 Å². The van der Waals surface area contributed by atoms with Crippen LogP contribution in [0.15, 0.2) is 54.7 Å². The van der Waals surface area contributed by atoms with Crippen LogP contribution in [0.25, 0.3) is 10.9 Å². The van der Waals surface area contributed by atoms with Crippen LogP contribution >= 0.6 is 11.6 Å². The molecule has 136 valence electrons. The van der Waals surface area contributed by atoms with Gasteiger partial charge in [0.2, 0.25) is 5.91 Å². The van der Waals surface area contributed by atoms with E-state index in [0.29, 0.717) is 23.9 Å². The number of carbonyl (C=O) groups excluding carboxylic acids is 1. The van der Waals surface area contributed by atoms with Gasteiger partial charge in [-0.05, 0) is 35.2 Å². The van der Waals surface area contributed by atoms with E-state index in [0.717, 1.165) is 5.56 Å². The maximum Gasteiger partial charge on any atom is 0.220 e. The first-order valence-corrected chi connectivity index (χ1v) is 9.39. The Hall–Kier alpha value is -2.26. The fourth-order valence-corrected chi connectivity index (χ4v) is 3.45. The Balaban J connectivity index is 1.99. The summed E-state index contributed by atoms with van der Waals surface area (Å²) in [5, 5.41) is 4.94. The third-order valence-corrected chi connectivity index (χ3v) is 4.92. The highest BCUT2D eigenvalue weighted by Crippen LogP contribution is 2.34.